The SMILES string of the molecule is CC(=O)c1cn(C(C)C)nc1C(F)(F)F.CC(C)n1nc(C(F)F)c2c1C(C)(F)CCC2F.CC(C)n1nc(C(F)F)c2c1C1CC(C1)C2=O.CC1CCc2c(C(F)(F)F)nn(C(C)C)c21. The first kappa shape index (κ1) is 52.3. The van der Waals surface area contributed by atoms with Gasteiger partial charge >= 0.3 is 12.4 Å². The fourth-order valence-electron chi connectivity index (χ4n) is 8.90. The lowest BCUT2D eigenvalue weighted by Gasteiger charge is -2.40. The van der Waals surface area contributed by atoms with E-state index in [9.17, 15) is 62.3 Å². The molecule has 4 heterocycles. The summed E-state index contributed by atoms with van der Waals surface area (Å²) in [7, 11) is 0. The number of alkyl halides is 12. The number of hydrogen-bond acceptors (Lipinski definition) is 6. The number of hydrogen-bond donors (Lipinski definition) is 0. The monoisotopic (exact) mass is 956 g/mol. The van der Waals surface area contributed by atoms with E-state index >= 15 is 0 Å². The molecule has 0 aromatic carbocycles. The van der Waals surface area contributed by atoms with Gasteiger partial charge in [-0.1, -0.05) is 6.92 Å². The van der Waals surface area contributed by atoms with Crippen molar-refractivity contribution in [1.29, 1.82) is 0 Å². The maximum absolute atomic E-state index is 14.5. The first-order valence-corrected chi connectivity index (χ1v) is 21.9. The summed E-state index contributed by atoms with van der Waals surface area (Å²) in [5.74, 6) is -0.343. The molecule has 0 spiro atoms. The predicted molar refractivity (Wildman–Crippen MR) is 218 cm³/mol. The van der Waals surface area contributed by atoms with E-state index in [2.05, 4.69) is 20.4 Å². The third-order valence-corrected chi connectivity index (χ3v) is 12.2. The van der Waals surface area contributed by atoms with Crippen LogP contribution in [0.4, 0.5) is 52.7 Å². The van der Waals surface area contributed by atoms with Gasteiger partial charge in [0.2, 0.25) is 0 Å². The molecule has 1 saturated carbocycles. The summed E-state index contributed by atoms with van der Waals surface area (Å²) in [5, 5.41) is 14.8. The lowest BCUT2D eigenvalue weighted by Crippen LogP contribution is -2.37. The maximum atomic E-state index is 14.5. The van der Waals surface area contributed by atoms with Crippen LogP contribution in [0.15, 0.2) is 6.20 Å². The Kier molecular flexibility index (Phi) is 15.2. The van der Waals surface area contributed by atoms with Crippen molar-refractivity contribution in [2.75, 3.05) is 0 Å². The number of halogens is 12. The third kappa shape index (κ3) is 10.3. The van der Waals surface area contributed by atoms with Crippen LogP contribution >= 0.6 is 0 Å². The highest BCUT2D eigenvalue weighted by molar-refractivity contribution is 6.03. The molecule has 10 nitrogen and oxygen atoms in total. The number of Topliss-reactive ketones (excluding diaryl/α,β-unsaturated/α-hetero) is 2. The largest absolute Gasteiger partial charge is 0.435 e. The van der Waals surface area contributed by atoms with E-state index in [1.165, 1.54) is 16.3 Å². The van der Waals surface area contributed by atoms with Crippen molar-refractivity contribution in [3.63, 3.8) is 0 Å². The molecule has 9 rings (SSSR count). The molecule has 5 aliphatic carbocycles. The van der Waals surface area contributed by atoms with Gasteiger partial charge in [-0.05, 0) is 114 Å². The van der Waals surface area contributed by atoms with Crippen molar-refractivity contribution >= 4 is 11.6 Å². The molecular formula is C44H56F12N8O2. The zero-order chi connectivity index (χ0) is 49.9. The number of carbonyl (C=O) groups excluding carboxylic acids is 2. The number of carbonyl (C=O) groups is 2. The van der Waals surface area contributed by atoms with Gasteiger partial charge in [0.25, 0.3) is 12.9 Å². The zero-order valence-electron chi connectivity index (χ0n) is 38.5. The fraction of sp³-hybridized carbons (Fsp3) is 0.682. The van der Waals surface area contributed by atoms with Crippen LogP contribution in [-0.2, 0) is 24.4 Å². The average Bonchev–Trinajstić information content (AvgIpc) is 4.00. The van der Waals surface area contributed by atoms with E-state index in [1.807, 2.05) is 34.6 Å². The Morgan fingerprint density at radius 3 is 1.70 bits per heavy atom. The molecule has 4 aromatic rings. The number of fused-ring (bicyclic) bond motifs is 2. The molecule has 5 aliphatic rings. The molecule has 3 atom stereocenters. The molecule has 3 unspecified atom stereocenters. The van der Waals surface area contributed by atoms with Crippen LogP contribution in [0.5, 0.6) is 0 Å². The van der Waals surface area contributed by atoms with E-state index < -0.39 is 59.9 Å². The van der Waals surface area contributed by atoms with Gasteiger partial charge in [-0.2, -0.15) is 46.7 Å². The molecule has 0 aliphatic heterocycles. The van der Waals surface area contributed by atoms with Crippen LogP contribution in [0, 0.1) is 5.92 Å². The molecule has 2 bridgehead atoms. The second-order valence-electron chi connectivity index (χ2n) is 18.6. The normalized spacial score (nSPS) is 22.2. The second-order valence-corrected chi connectivity index (χ2v) is 18.6. The molecule has 0 radical (unpaired) electrons. The van der Waals surface area contributed by atoms with E-state index in [1.54, 1.807) is 32.4 Å². The van der Waals surface area contributed by atoms with Gasteiger partial charge in [-0.3, -0.25) is 28.3 Å². The first-order chi connectivity index (χ1) is 30.3. The Bertz CT molecular complexity index is 2380. The summed E-state index contributed by atoms with van der Waals surface area (Å²) in [6.45, 7) is 18.7. The third-order valence-electron chi connectivity index (χ3n) is 12.2. The van der Waals surface area contributed by atoms with Crippen molar-refractivity contribution in [1.82, 2.24) is 39.1 Å². The van der Waals surface area contributed by atoms with E-state index in [0.717, 1.165) is 48.5 Å². The zero-order valence-corrected chi connectivity index (χ0v) is 38.5. The van der Waals surface area contributed by atoms with Gasteiger partial charge < -0.3 is 0 Å². The highest BCUT2D eigenvalue weighted by Crippen LogP contribution is 2.52. The van der Waals surface area contributed by atoms with Gasteiger partial charge in [0.05, 0.1) is 22.5 Å². The topological polar surface area (TPSA) is 105 Å². The molecule has 0 N–H and O–H groups in total. The van der Waals surface area contributed by atoms with E-state index in [-0.39, 0.29) is 88.6 Å². The molecular weight excluding hydrogens is 901 g/mol. The Morgan fingerprint density at radius 1 is 0.727 bits per heavy atom. The molecule has 4 aromatic heterocycles. The summed E-state index contributed by atoms with van der Waals surface area (Å²) < 4.78 is 161. The molecule has 0 saturated heterocycles. The minimum atomic E-state index is -4.58. The first-order valence-electron chi connectivity index (χ1n) is 21.9. The number of ketones is 2. The number of nitrogens with zero attached hydrogens (tertiary/aromatic N) is 8. The van der Waals surface area contributed by atoms with Crippen LogP contribution in [0.25, 0.3) is 0 Å². The molecule has 368 valence electrons. The maximum Gasteiger partial charge on any atom is 0.435 e. The quantitative estimate of drug-likeness (QED) is 0.135. The van der Waals surface area contributed by atoms with Crippen molar-refractivity contribution < 1.29 is 62.3 Å². The van der Waals surface area contributed by atoms with Crippen molar-refractivity contribution in [3.8, 4) is 0 Å². The molecule has 66 heavy (non-hydrogen) atoms. The van der Waals surface area contributed by atoms with Gasteiger partial charge in [-0.25, -0.2) is 26.3 Å². The van der Waals surface area contributed by atoms with Crippen LogP contribution in [0.2, 0.25) is 0 Å². The second kappa shape index (κ2) is 19.1. The Balaban J connectivity index is 0.000000165. The highest BCUT2D eigenvalue weighted by Gasteiger charge is 2.49. The summed E-state index contributed by atoms with van der Waals surface area (Å²) in [5.41, 5.74) is -2.99. The number of aromatic nitrogens is 8. The van der Waals surface area contributed by atoms with Crippen LogP contribution in [0.3, 0.4) is 0 Å². The summed E-state index contributed by atoms with van der Waals surface area (Å²) in [6, 6.07) is -0.502. The Morgan fingerprint density at radius 2 is 1.24 bits per heavy atom. The lowest BCUT2D eigenvalue weighted by atomic mass is 9.63. The summed E-state index contributed by atoms with van der Waals surface area (Å²) in [6.07, 6.45) is -12.0. The van der Waals surface area contributed by atoms with Gasteiger partial charge in [0, 0.05) is 59.0 Å². The smallest absolute Gasteiger partial charge is 0.294 e. The average molecular weight is 957 g/mol. The highest BCUT2D eigenvalue weighted by atomic mass is 19.4. The predicted octanol–water partition coefficient (Wildman–Crippen LogP) is 13.7. The minimum Gasteiger partial charge on any atom is -0.294 e. The van der Waals surface area contributed by atoms with Gasteiger partial charge in [0.1, 0.15) is 23.2 Å². The van der Waals surface area contributed by atoms with E-state index in [0.29, 0.717) is 12.0 Å². The Hall–Kier alpha value is -4.66. The van der Waals surface area contributed by atoms with Gasteiger partial charge in [-0.15, -0.1) is 0 Å². The molecule has 1 fully saturated rings. The number of rotatable bonds is 7. The van der Waals surface area contributed by atoms with Crippen molar-refractivity contribution in [2.24, 2.45) is 5.92 Å². The van der Waals surface area contributed by atoms with Crippen LogP contribution in [0.1, 0.15) is 235 Å². The molecule has 0 amide bonds. The molecule has 22 heteroatoms. The van der Waals surface area contributed by atoms with Crippen LogP contribution in [-0.4, -0.2) is 50.7 Å². The summed E-state index contributed by atoms with van der Waals surface area (Å²) in [4.78, 5) is 23.0. The van der Waals surface area contributed by atoms with Crippen molar-refractivity contribution in [2.45, 2.75) is 188 Å². The van der Waals surface area contributed by atoms with Crippen LogP contribution < -0.4 is 0 Å². The lowest BCUT2D eigenvalue weighted by molar-refractivity contribution is -0.142. The Labute approximate surface area is 374 Å². The summed E-state index contributed by atoms with van der Waals surface area (Å²) >= 11 is 0. The minimum absolute atomic E-state index is 0.0116. The van der Waals surface area contributed by atoms with E-state index in [4.69, 9.17) is 0 Å². The fourth-order valence-corrected chi connectivity index (χ4v) is 8.90. The van der Waals surface area contributed by atoms with Gasteiger partial charge in [0.15, 0.2) is 23.0 Å². The standard InChI is InChI=1S/C12H16F4N2.C12H14F2N2O.C11H15F3N2.C9H11F3N2O/c1-6(2)18-10-8(9(17-18)11(14)15)7(13)4-5-12(10,3)16;1-5(2)16-10-6-3-7(4-6)11(17)8(10)9(15-16)12(13)14;1-6(2)16-9-7(3)4-5-8(9)10(15-16)11(12,13)14;1-5(2)14-4-7(6(3)15)8(13-14)9(10,11)12/h6-7,11H,4-5H2,1-3H3;5-7,12H,3-4H2,1-2H3;6-7H,4-5H2,1-3H3;4-5H,1-3H3. The van der Waals surface area contributed by atoms with Crippen molar-refractivity contribution in [3.05, 3.63) is 68.3 Å².